The normalized spacial score (nSPS) is 23.2. The minimum Gasteiger partial charge on any atom is -0.494 e. The van der Waals surface area contributed by atoms with E-state index in [0.717, 1.165) is 18.7 Å². The highest BCUT2D eigenvalue weighted by Crippen LogP contribution is 2.23. The maximum Gasteiger partial charge on any atom is 0.636 e. The molecular formula is C17H22BClN2O4. The van der Waals surface area contributed by atoms with Gasteiger partial charge in [-0.25, -0.2) is 0 Å². The molecule has 1 unspecified atom stereocenters. The topological polar surface area (TPSA) is 59.1 Å². The van der Waals surface area contributed by atoms with Crippen LogP contribution >= 0.6 is 11.6 Å². The van der Waals surface area contributed by atoms with E-state index in [1.807, 2.05) is 6.07 Å². The van der Waals surface area contributed by atoms with E-state index in [2.05, 4.69) is 11.8 Å². The molecule has 8 heteroatoms. The lowest BCUT2D eigenvalue weighted by Gasteiger charge is -2.24. The molecule has 134 valence electrons. The summed E-state index contributed by atoms with van der Waals surface area (Å²) in [7, 11) is 0.611. The molecule has 0 aromatic heterocycles. The van der Waals surface area contributed by atoms with Crippen LogP contribution in [0.2, 0.25) is 5.02 Å². The minimum absolute atomic E-state index is 0.0459. The zero-order valence-corrected chi connectivity index (χ0v) is 15.3. The standard InChI is InChI=1S/C17H22BClN2O4/c1-12-4-3-7-21(12)9-13-5-6-14(8-15(13)19)18-24-16(22)10-20(2)11-17(23)25-18/h5-6,8,12H,3-4,7,9-11H2,1-2H3. The van der Waals surface area contributed by atoms with Gasteiger partial charge in [0.1, 0.15) is 0 Å². The number of benzene rings is 1. The van der Waals surface area contributed by atoms with E-state index in [-0.39, 0.29) is 13.1 Å². The number of halogens is 1. The van der Waals surface area contributed by atoms with E-state index in [1.165, 1.54) is 12.8 Å². The van der Waals surface area contributed by atoms with Crippen molar-refractivity contribution in [2.45, 2.75) is 32.4 Å². The van der Waals surface area contributed by atoms with Crippen molar-refractivity contribution in [2.75, 3.05) is 26.7 Å². The van der Waals surface area contributed by atoms with E-state index in [1.54, 1.807) is 24.1 Å². The van der Waals surface area contributed by atoms with Crippen molar-refractivity contribution in [3.63, 3.8) is 0 Å². The first kappa shape index (κ1) is 18.2. The Morgan fingerprint density at radius 2 is 1.92 bits per heavy atom. The van der Waals surface area contributed by atoms with Gasteiger partial charge in [0.15, 0.2) is 0 Å². The van der Waals surface area contributed by atoms with Crippen LogP contribution in [0.5, 0.6) is 0 Å². The van der Waals surface area contributed by atoms with Gasteiger partial charge in [0.05, 0.1) is 13.1 Å². The Kier molecular flexibility index (Phi) is 5.66. The molecule has 2 fully saturated rings. The van der Waals surface area contributed by atoms with Crippen LogP contribution in [0.3, 0.4) is 0 Å². The second kappa shape index (κ2) is 7.76. The largest absolute Gasteiger partial charge is 0.636 e. The molecular weight excluding hydrogens is 342 g/mol. The summed E-state index contributed by atoms with van der Waals surface area (Å²) in [6, 6.07) is 5.99. The highest BCUT2D eigenvalue weighted by molar-refractivity contribution is 6.64. The number of rotatable bonds is 3. The molecule has 0 bridgehead atoms. The molecule has 2 saturated heterocycles. The summed E-state index contributed by atoms with van der Waals surface area (Å²) in [6.45, 7) is 4.17. The fourth-order valence-corrected chi connectivity index (χ4v) is 3.50. The van der Waals surface area contributed by atoms with Gasteiger partial charge < -0.3 is 9.31 Å². The van der Waals surface area contributed by atoms with Gasteiger partial charge in [0.2, 0.25) is 0 Å². The zero-order chi connectivity index (χ0) is 18.0. The summed E-state index contributed by atoms with van der Waals surface area (Å²) in [5, 5.41) is 0.586. The van der Waals surface area contributed by atoms with Crippen molar-refractivity contribution in [3.8, 4) is 0 Å². The fourth-order valence-electron chi connectivity index (χ4n) is 3.25. The summed E-state index contributed by atoms with van der Waals surface area (Å²) >= 11 is 6.43. The van der Waals surface area contributed by atoms with Gasteiger partial charge in [-0.2, -0.15) is 0 Å². The molecule has 2 aliphatic heterocycles. The number of carbonyl (C=O) groups is 2. The molecule has 0 amide bonds. The van der Waals surface area contributed by atoms with Crippen LogP contribution < -0.4 is 5.46 Å². The Morgan fingerprint density at radius 1 is 1.24 bits per heavy atom. The average molecular weight is 365 g/mol. The molecule has 3 rings (SSSR count). The predicted molar refractivity (Wildman–Crippen MR) is 95.6 cm³/mol. The highest BCUT2D eigenvalue weighted by Gasteiger charge is 2.34. The van der Waals surface area contributed by atoms with Crippen LogP contribution in [0.1, 0.15) is 25.3 Å². The predicted octanol–water partition coefficient (Wildman–Crippen LogP) is 1.05. The summed E-state index contributed by atoms with van der Waals surface area (Å²) < 4.78 is 10.5. The third-order valence-corrected chi connectivity index (χ3v) is 5.04. The zero-order valence-electron chi connectivity index (χ0n) is 14.5. The van der Waals surface area contributed by atoms with E-state index in [0.29, 0.717) is 16.5 Å². The molecule has 2 aliphatic rings. The van der Waals surface area contributed by atoms with Gasteiger partial charge in [-0.15, -0.1) is 0 Å². The minimum atomic E-state index is -1.05. The van der Waals surface area contributed by atoms with E-state index >= 15 is 0 Å². The van der Waals surface area contributed by atoms with Crippen molar-refractivity contribution in [1.29, 1.82) is 0 Å². The Balaban J connectivity index is 1.74. The molecule has 25 heavy (non-hydrogen) atoms. The van der Waals surface area contributed by atoms with Gasteiger partial charge >= 0.3 is 19.1 Å². The van der Waals surface area contributed by atoms with E-state index in [9.17, 15) is 9.59 Å². The molecule has 1 aromatic rings. The SMILES string of the molecule is CC1CCCN1Cc1ccc(B2OC(=O)CN(C)CC(=O)O2)cc1Cl. The number of likely N-dealkylation sites (N-methyl/N-ethyl adjacent to an activating group) is 1. The van der Waals surface area contributed by atoms with E-state index < -0.39 is 19.1 Å². The average Bonchev–Trinajstić information content (AvgIpc) is 2.92. The first-order valence-corrected chi connectivity index (χ1v) is 8.90. The van der Waals surface area contributed by atoms with Crippen LogP contribution in [-0.2, 0) is 25.4 Å². The Bertz CT molecular complexity index is 652. The summed E-state index contributed by atoms with van der Waals surface area (Å²) in [4.78, 5) is 27.7. The summed E-state index contributed by atoms with van der Waals surface area (Å²) in [6.07, 6.45) is 2.41. The van der Waals surface area contributed by atoms with Crippen molar-refractivity contribution >= 4 is 36.1 Å². The van der Waals surface area contributed by atoms with Gasteiger partial charge in [0, 0.05) is 23.1 Å². The molecule has 0 aliphatic carbocycles. The lowest BCUT2D eigenvalue weighted by Crippen LogP contribution is -2.47. The lowest BCUT2D eigenvalue weighted by atomic mass is 9.78. The molecule has 0 radical (unpaired) electrons. The quantitative estimate of drug-likeness (QED) is 0.747. The summed E-state index contributed by atoms with van der Waals surface area (Å²) in [5.41, 5.74) is 1.58. The molecule has 0 saturated carbocycles. The van der Waals surface area contributed by atoms with Crippen molar-refractivity contribution < 1.29 is 18.9 Å². The fraction of sp³-hybridized carbons (Fsp3) is 0.529. The van der Waals surface area contributed by atoms with Crippen LogP contribution in [-0.4, -0.2) is 61.6 Å². The third kappa shape index (κ3) is 4.54. The van der Waals surface area contributed by atoms with Gasteiger partial charge in [-0.1, -0.05) is 23.7 Å². The molecule has 0 N–H and O–H groups in total. The third-order valence-electron chi connectivity index (χ3n) is 4.69. The number of nitrogens with zero attached hydrogens (tertiary/aromatic N) is 2. The van der Waals surface area contributed by atoms with Crippen LogP contribution in [0, 0.1) is 0 Å². The van der Waals surface area contributed by atoms with E-state index in [4.69, 9.17) is 20.9 Å². The second-order valence-corrected chi connectivity index (χ2v) is 7.20. The monoisotopic (exact) mass is 364 g/mol. The first-order valence-electron chi connectivity index (χ1n) is 8.52. The van der Waals surface area contributed by atoms with Gasteiger partial charge in [-0.05, 0) is 45.0 Å². The maximum absolute atomic E-state index is 11.9. The molecule has 0 spiro atoms. The Morgan fingerprint density at radius 3 is 2.48 bits per heavy atom. The molecule has 1 aromatic carbocycles. The highest BCUT2D eigenvalue weighted by atomic mass is 35.5. The van der Waals surface area contributed by atoms with Gasteiger partial charge in [0.25, 0.3) is 0 Å². The molecule has 6 nitrogen and oxygen atoms in total. The molecule has 1 atom stereocenters. The first-order chi connectivity index (χ1) is 11.9. The summed E-state index contributed by atoms with van der Waals surface area (Å²) in [5.74, 6) is -0.878. The number of likely N-dealkylation sites (tertiary alicyclic amines) is 1. The van der Waals surface area contributed by atoms with Crippen molar-refractivity contribution in [2.24, 2.45) is 0 Å². The van der Waals surface area contributed by atoms with Crippen LogP contribution in [0.15, 0.2) is 18.2 Å². The Labute approximate surface area is 153 Å². The number of hydrogen-bond donors (Lipinski definition) is 0. The number of carbonyl (C=O) groups excluding carboxylic acids is 2. The van der Waals surface area contributed by atoms with Crippen molar-refractivity contribution in [3.05, 3.63) is 28.8 Å². The number of hydrogen-bond acceptors (Lipinski definition) is 6. The smallest absolute Gasteiger partial charge is 0.494 e. The van der Waals surface area contributed by atoms with Crippen LogP contribution in [0.25, 0.3) is 0 Å². The maximum atomic E-state index is 11.9. The lowest BCUT2D eigenvalue weighted by molar-refractivity contribution is -0.145. The van der Waals surface area contributed by atoms with Crippen LogP contribution in [0.4, 0.5) is 0 Å². The van der Waals surface area contributed by atoms with Gasteiger partial charge in [-0.3, -0.25) is 19.4 Å². The molecule has 2 heterocycles. The second-order valence-electron chi connectivity index (χ2n) is 6.80. The Hall–Kier alpha value is -1.57. The van der Waals surface area contributed by atoms with Crippen molar-refractivity contribution in [1.82, 2.24) is 9.80 Å².